The Morgan fingerprint density at radius 1 is 0.900 bits per heavy atom. The number of fused-ring (bicyclic) bond motifs is 3. The first-order chi connectivity index (χ1) is 9.83. The molecule has 0 aliphatic heterocycles. The molecule has 2 aliphatic rings. The number of nitrogens with one attached hydrogen (secondary N) is 1. The van der Waals surface area contributed by atoms with Crippen molar-refractivity contribution in [2.24, 2.45) is 5.92 Å². The van der Waals surface area contributed by atoms with Gasteiger partial charge >= 0.3 is 0 Å². The topological polar surface area (TPSA) is 32.3 Å². The monoisotopic (exact) mass is 265 g/mol. The molecule has 2 heteroatoms. The van der Waals surface area contributed by atoms with Crippen LogP contribution in [0.5, 0.6) is 0 Å². The van der Waals surface area contributed by atoms with E-state index in [1.807, 2.05) is 0 Å². The molecule has 0 bridgehead atoms. The zero-order valence-electron chi connectivity index (χ0n) is 11.4. The van der Waals surface area contributed by atoms with E-state index in [0.29, 0.717) is 12.0 Å². The SMILES string of the molecule is OC1CC(CNC2c3ccccc3-c3ccccc32)C1. The van der Waals surface area contributed by atoms with E-state index in [2.05, 4.69) is 53.8 Å². The predicted octanol–water partition coefficient (Wildman–Crippen LogP) is 3.12. The number of aliphatic hydroxyl groups excluding tert-OH is 1. The van der Waals surface area contributed by atoms with Crippen LogP contribution in [0.1, 0.15) is 30.0 Å². The van der Waals surface area contributed by atoms with Crippen LogP contribution in [0.3, 0.4) is 0 Å². The predicted molar refractivity (Wildman–Crippen MR) is 80.5 cm³/mol. The number of benzene rings is 2. The highest BCUT2D eigenvalue weighted by atomic mass is 16.3. The third-order valence-electron chi connectivity index (χ3n) is 4.66. The summed E-state index contributed by atoms with van der Waals surface area (Å²) in [4.78, 5) is 0. The molecule has 1 saturated carbocycles. The lowest BCUT2D eigenvalue weighted by Crippen LogP contribution is -2.37. The average molecular weight is 265 g/mol. The molecule has 0 radical (unpaired) electrons. The smallest absolute Gasteiger partial charge is 0.0589 e. The van der Waals surface area contributed by atoms with Crippen molar-refractivity contribution in [3.8, 4) is 11.1 Å². The lowest BCUT2D eigenvalue weighted by Gasteiger charge is -2.32. The fourth-order valence-corrected chi connectivity index (χ4v) is 3.53. The van der Waals surface area contributed by atoms with Gasteiger partial charge in [-0.3, -0.25) is 0 Å². The van der Waals surface area contributed by atoms with Gasteiger partial charge in [0.25, 0.3) is 0 Å². The zero-order valence-corrected chi connectivity index (χ0v) is 11.4. The van der Waals surface area contributed by atoms with E-state index < -0.39 is 0 Å². The fourth-order valence-electron chi connectivity index (χ4n) is 3.53. The van der Waals surface area contributed by atoms with E-state index in [1.54, 1.807) is 0 Å². The van der Waals surface area contributed by atoms with Crippen LogP contribution in [-0.4, -0.2) is 17.8 Å². The van der Waals surface area contributed by atoms with Crippen molar-refractivity contribution in [2.45, 2.75) is 25.0 Å². The van der Waals surface area contributed by atoms with Crippen LogP contribution in [-0.2, 0) is 0 Å². The maximum Gasteiger partial charge on any atom is 0.0589 e. The van der Waals surface area contributed by atoms with Gasteiger partial charge in [-0.05, 0) is 47.6 Å². The van der Waals surface area contributed by atoms with Crippen molar-refractivity contribution in [1.29, 1.82) is 0 Å². The highest BCUT2D eigenvalue weighted by Crippen LogP contribution is 2.43. The van der Waals surface area contributed by atoms with E-state index in [0.717, 1.165) is 19.4 Å². The molecule has 0 atom stereocenters. The van der Waals surface area contributed by atoms with Crippen LogP contribution < -0.4 is 5.32 Å². The minimum absolute atomic E-state index is 0.0649. The molecule has 0 spiro atoms. The summed E-state index contributed by atoms with van der Waals surface area (Å²) in [6, 6.07) is 17.6. The summed E-state index contributed by atoms with van der Waals surface area (Å²) >= 11 is 0. The lowest BCUT2D eigenvalue weighted by molar-refractivity contribution is 0.0424. The summed E-state index contributed by atoms with van der Waals surface area (Å²) in [6.45, 7) is 0.990. The van der Waals surface area contributed by atoms with Crippen LogP contribution in [0, 0.1) is 5.92 Å². The molecule has 0 unspecified atom stereocenters. The zero-order chi connectivity index (χ0) is 13.5. The Labute approximate surface area is 119 Å². The van der Waals surface area contributed by atoms with Gasteiger partial charge in [-0.25, -0.2) is 0 Å². The van der Waals surface area contributed by atoms with Gasteiger partial charge in [0.1, 0.15) is 0 Å². The van der Waals surface area contributed by atoms with Gasteiger partial charge in [0.2, 0.25) is 0 Å². The summed E-state index contributed by atoms with van der Waals surface area (Å²) in [5, 5.41) is 13.1. The van der Waals surface area contributed by atoms with E-state index in [9.17, 15) is 5.11 Å². The molecule has 2 aromatic rings. The van der Waals surface area contributed by atoms with Gasteiger partial charge in [0.15, 0.2) is 0 Å². The molecule has 102 valence electrons. The van der Waals surface area contributed by atoms with Crippen LogP contribution in [0.2, 0.25) is 0 Å². The number of aliphatic hydroxyl groups is 1. The van der Waals surface area contributed by atoms with Crippen molar-refractivity contribution in [1.82, 2.24) is 5.32 Å². The van der Waals surface area contributed by atoms with Crippen LogP contribution in [0.15, 0.2) is 48.5 Å². The molecule has 2 nitrogen and oxygen atoms in total. The molecule has 0 amide bonds. The Bertz CT molecular complexity index is 585. The third kappa shape index (κ3) is 1.88. The quantitative estimate of drug-likeness (QED) is 0.893. The standard InChI is InChI=1S/C18H19NO/c20-13-9-12(10-13)11-19-18-16-7-3-1-5-14(16)15-6-2-4-8-17(15)18/h1-8,12-13,18-20H,9-11H2. The summed E-state index contributed by atoms with van der Waals surface area (Å²) in [7, 11) is 0. The van der Waals surface area contributed by atoms with Crippen molar-refractivity contribution >= 4 is 0 Å². The second-order valence-electron chi connectivity index (χ2n) is 6.01. The molecule has 2 N–H and O–H groups in total. The normalized spacial score (nSPS) is 24.1. The van der Waals surface area contributed by atoms with E-state index in [-0.39, 0.29) is 6.10 Å². The van der Waals surface area contributed by atoms with E-state index >= 15 is 0 Å². The van der Waals surface area contributed by atoms with Crippen LogP contribution in [0.25, 0.3) is 11.1 Å². The molecule has 0 aromatic heterocycles. The van der Waals surface area contributed by atoms with Crippen LogP contribution in [0.4, 0.5) is 0 Å². The summed E-state index contributed by atoms with van der Waals surface area (Å²) in [5.41, 5.74) is 5.48. The maximum atomic E-state index is 9.40. The molecule has 2 aromatic carbocycles. The molecular formula is C18H19NO. The van der Waals surface area contributed by atoms with Crippen LogP contribution >= 0.6 is 0 Å². The molecule has 2 aliphatic carbocycles. The first-order valence-corrected chi connectivity index (χ1v) is 7.42. The largest absolute Gasteiger partial charge is 0.393 e. The maximum absolute atomic E-state index is 9.40. The van der Waals surface area contributed by atoms with Gasteiger partial charge in [-0.2, -0.15) is 0 Å². The second-order valence-corrected chi connectivity index (χ2v) is 6.01. The van der Waals surface area contributed by atoms with Gasteiger partial charge in [0.05, 0.1) is 12.1 Å². The summed E-state index contributed by atoms with van der Waals surface area (Å²) in [5.74, 6) is 0.630. The highest BCUT2D eigenvalue weighted by molar-refractivity contribution is 5.78. The first kappa shape index (κ1) is 12.1. The summed E-state index contributed by atoms with van der Waals surface area (Å²) < 4.78 is 0. The fraction of sp³-hybridized carbons (Fsp3) is 0.333. The molecule has 4 rings (SSSR count). The summed E-state index contributed by atoms with van der Waals surface area (Å²) in [6.07, 6.45) is 1.83. The molecular weight excluding hydrogens is 246 g/mol. The van der Waals surface area contributed by atoms with Crippen molar-refractivity contribution in [2.75, 3.05) is 6.54 Å². The molecule has 20 heavy (non-hydrogen) atoms. The molecule has 0 heterocycles. The Kier molecular flexibility index (Phi) is 2.86. The average Bonchev–Trinajstić information content (AvgIpc) is 2.77. The van der Waals surface area contributed by atoms with E-state index in [1.165, 1.54) is 22.3 Å². The van der Waals surface area contributed by atoms with Crippen molar-refractivity contribution < 1.29 is 5.11 Å². The van der Waals surface area contributed by atoms with Crippen molar-refractivity contribution in [3.63, 3.8) is 0 Å². The van der Waals surface area contributed by atoms with Gasteiger partial charge in [-0.15, -0.1) is 0 Å². The number of hydrogen-bond donors (Lipinski definition) is 2. The highest BCUT2D eigenvalue weighted by Gasteiger charge is 2.31. The molecule has 1 fully saturated rings. The third-order valence-corrected chi connectivity index (χ3v) is 4.66. The van der Waals surface area contributed by atoms with E-state index in [4.69, 9.17) is 0 Å². The number of hydrogen-bond acceptors (Lipinski definition) is 2. The Morgan fingerprint density at radius 2 is 1.45 bits per heavy atom. The Morgan fingerprint density at radius 3 is 2.00 bits per heavy atom. The van der Waals surface area contributed by atoms with Gasteiger partial charge < -0.3 is 10.4 Å². The Hall–Kier alpha value is -1.64. The minimum Gasteiger partial charge on any atom is -0.393 e. The lowest BCUT2D eigenvalue weighted by atomic mass is 9.82. The Balaban J connectivity index is 1.62. The first-order valence-electron chi connectivity index (χ1n) is 7.42. The van der Waals surface area contributed by atoms with Gasteiger partial charge in [0, 0.05) is 0 Å². The second kappa shape index (κ2) is 4.72. The minimum atomic E-state index is -0.0649. The van der Waals surface area contributed by atoms with Crippen molar-refractivity contribution in [3.05, 3.63) is 59.7 Å². The van der Waals surface area contributed by atoms with Gasteiger partial charge in [-0.1, -0.05) is 48.5 Å². The molecule has 0 saturated heterocycles. The number of rotatable bonds is 3.